The van der Waals surface area contributed by atoms with Gasteiger partial charge in [0.2, 0.25) is 0 Å². The lowest BCUT2D eigenvalue weighted by molar-refractivity contribution is -0.121. The van der Waals surface area contributed by atoms with E-state index in [4.69, 9.17) is 38.0 Å². The van der Waals surface area contributed by atoms with Crippen LogP contribution in [0.2, 0.25) is 5.02 Å². The van der Waals surface area contributed by atoms with Crippen LogP contribution >= 0.6 is 35.6 Å². The molecule has 0 aromatic heterocycles. The molecule has 2 aromatic rings. The minimum atomic E-state index is -0.135. The van der Waals surface area contributed by atoms with Crippen LogP contribution < -0.4 is 14.2 Å². The van der Waals surface area contributed by atoms with Crippen molar-refractivity contribution in [2.24, 2.45) is 0 Å². The first-order chi connectivity index (χ1) is 13.9. The van der Waals surface area contributed by atoms with Crippen molar-refractivity contribution in [2.75, 3.05) is 27.4 Å². The smallest absolute Gasteiger partial charge is 0.265 e. The molecule has 0 spiro atoms. The molecule has 3 rings (SSSR count). The van der Waals surface area contributed by atoms with Gasteiger partial charge in [0.05, 0.1) is 17.0 Å². The van der Waals surface area contributed by atoms with E-state index in [1.165, 1.54) is 23.8 Å². The lowest BCUT2D eigenvalue weighted by Gasteiger charge is -2.14. The Morgan fingerprint density at radius 1 is 1.21 bits per heavy atom. The van der Waals surface area contributed by atoms with Crippen LogP contribution in [-0.4, -0.2) is 42.5 Å². The molecule has 8 heteroatoms. The van der Waals surface area contributed by atoms with Crippen molar-refractivity contribution in [3.63, 3.8) is 0 Å². The minimum Gasteiger partial charge on any atom is -0.493 e. The molecule has 0 atom stereocenters. The van der Waals surface area contributed by atoms with Gasteiger partial charge in [-0.15, -0.1) is 0 Å². The van der Waals surface area contributed by atoms with Gasteiger partial charge >= 0.3 is 0 Å². The summed E-state index contributed by atoms with van der Waals surface area (Å²) in [4.78, 5) is 14.2. The SMILES string of the molecule is COc1cc(/C=C2\SC(=S)N(C)C2=O)cc(Cl)c1OCCOc1cccc(C)c1. The molecule has 1 heterocycles. The number of hydrogen-bond donors (Lipinski definition) is 0. The maximum absolute atomic E-state index is 12.2. The number of carbonyl (C=O) groups is 1. The summed E-state index contributed by atoms with van der Waals surface area (Å²) in [5.74, 6) is 1.56. The van der Waals surface area contributed by atoms with Crippen molar-refractivity contribution < 1.29 is 19.0 Å². The Morgan fingerprint density at radius 2 is 1.97 bits per heavy atom. The Bertz CT molecular complexity index is 977. The van der Waals surface area contributed by atoms with Crippen LogP contribution in [0.15, 0.2) is 41.3 Å². The number of methoxy groups -OCH3 is 1. The number of thioether (sulfide) groups is 1. The van der Waals surface area contributed by atoms with Crippen molar-refractivity contribution in [3.05, 3.63) is 57.5 Å². The maximum atomic E-state index is 12.2. The van der Waals surface area contributed by atoms with Crippen LogP contribution in [-0.2, 0) is 4.79 Å². The number of amides is 1. The average Bonchev–Trinajstić information content (AvgIpc) is 2.93. The highest BCUT2D eigenvalue weighted by molar-refractivity contribution is 8.26. The maximum Gasteiger partial charge on any atom is 0.265 e. The highest BCUT2D eigenvalue weighted by Gasteiger charge is 2.28. The molecule has 29 heavy (non-hydrogen) atoms. The Morgan fingerprint density at radius 3 is 2.62 bits per heavy atom. The fraction of sp³-hybridized carbons (Fsp3) is 0.238. The first-order valence-corrected chi connectivity index (χ1v) is 10.4. The van der Waals surface area contributed by atoms with Gasteiger partial charge in [-0.1, -0.05) is 47.7 Å². The third-order valence-corrected chi connectivity index (χ3v) is 5.89. The van der Waals surface area contributed by atoms with Crippen LogP contribution in [0.4, 0.5) is 0 Å². The van der Waals surface area contributed by atoms with Gasteiger partial charge in [0, 0.05) is 7.05 Å². The van der Waals surface area contributed by atoms with Gasteiger partial charge in [0.25, 0.3) is 5.91 Å². The van der Waals surface area contributed by atoms with Gasteiger partial charge < -0.3 is 14.2 Å². The minimum absolute atomic E-state index is 0.135. The largest absolute Gasteiger partial charge is 0.493 e. The summed E-state index contributed by atoms with van der Waals surface area (Å²) < 4.78 is 17.4. The van der Waals surface area contributed by atoms with Crippen LogP contribution in [0.1, 0.15) is 11.1 Å². The Labute approximate surface area is 184 Å². The standard InChI is InChI=1S/C21H20ClNO4S2/c1-13-5-4-6-15(9-13)26-7-8-27-19-16(22)10-14(11-17(19)25-3)12-18-20(24)23(2)21(28)29-18/h4-6,9-12H,7-8H2,1-3H3/b18-12-. The fourth-order valence-electron chi connectivity index (χ4n) is 2.67. The summed E-state index contributed by atoms with van der Waals surface area (Å²) in [6, 6.07) is 11.3. The molecule has 152 valence electrons. The van der Waals surface area contributed by atoms with E-state index < -0.39 is 0 Å². The number of benzene rings is 2. The van der Waals surface area contributed by atoms with Crippen molar-refractivity contribution >= 4 is 51.9 Å². The van der Waals surface area contributed by atoms with Crippen molar-refractivity contribution in [2.45, 2.75) is 6.92 Å². The summed E-state index contributed by atoms with van der Waals surface area (Å²) in [7, 11) is 3.19. The van der Waals surface area contributed by atoms with Crippen LogP contribution in [0.25, 0.3) is 6.08 Å². The highest BCUT2D eigenvalue weighted by atomic mass is 35.5. The number of aryl methyl sites for hydroxylation is 1. The number of nitrogens with zero attached hydrogens (tertiary/aromatic N) is 1. The Hall–Kier alpha value is -2.22. The zero-order chi connectivity index (χ0) is 21.0. The summed E-state index contributed by atoms with van der Waals surface area (Å²) >= 11 is 12.8. The molecule has 5 nitrogen and oxygen atoms in total. The third-order valence-electron chi connectivity index (χ3n) is 4.12. The predicted octanol–water partition coefficient (Wildman–Crippen LogP) is 4.95. The highest BCUT2D eigenvalue weighted by Crippen LogP contribution is 2.38. The average molecular weight is 450 g/mol. The first kappa shape index (κ1) is 21.5. The lowest BCUT2D eigenvalue weighted by atomic mass is 10.2. The number of thiocarbonyl (C=S) groups is 1. The van der Waals surface area contributed by atoms with E-state index in [1.54, 1.807) is 25.3 Å². The molecular formula is C21H20ClNO4S2. The number of rotatable bonds is 7. The van der Waals surface area contributed by atoms with Crippen molar-refractivity contribution in [1.29, 1.82) is 0 Å². The topological polar surface area (TPSA) is 48.0 Å². The Balaban J connectivity index is 1.68. The zero-order valence-corrected chi connectivity index (χ0v) is 18.6. The van der Waals surface area contributed by atoms with E-state index in [1.807, 2.05) is 31.2 Å². The van der Waals surface area contributed by atoms with Crippen LogP contribution in [0.3, 0.4) is 0 Å². The summed E-state index contributed by atoms with van der Waals surface area (Å²) in [6.07, 6.45) is 1.74. The zero-order valence-electron chi connectivity index (χ0n) is 16.2. The van der Waals surface area contributed by atoms with E-state index in [0.29, 0.717) is 39.0 Å². The molecule has 2 aromatic carbocycles. The van der Waals surface area contributed by atoms with Crippen molar-refractivity contribution in [3.8, 4) is 17.2 Å². The summed E-state index contributed by atoms with van der Waals surface area (Å²) in [5.41, 5.74) is 1.85. The fourth-order valence-corrected chi connectivity index (χ4v) is 4.12. The van der Waals surface area contributed by atoms with Gasteiger partial charge in [0.15, 0.2) is 11.5 Å². The molecule has 1 aliphatic rings. The molecule has 0 N–H and O–H groups in total. The molecule has 0 radical (unpaired) electrons. The van der Waals surface area contributed by atoms with Crippen molar-refractivity contribution in [1.82, 2.24) is 4.90 Å². The molecule has 0 unspecified atom stereocenters. The molecule has 0 bridgehead atoms. The van der Waals surface area contributed by atoms with E-state index in [0.717, 1.165) is 16.9 Å². The normalized spacial score (nSPS) is 15.2. The van der Waals surface area contributed by atoms with Gasteiger partial charge in [-0.3, -0.25) is 9.69 Å². The van der Waals surface area contributed by atoms with E-state index in [9.17, 15) is 4.79 Å². The second-order valence-corrected chi connectivity index (χ2v) is 8.37. The molecular weight excluding hydrogens is 430 g/mol. The predicted molar refractivity (Wildman–Crippen MR) is 121 cm³/mol. The molecule has 0 aliphatic carbocycles. The lowest BCUT2D eigenvalue weighted by Crippen LogP contribution is -2.22. The van der Waals surface area contributed by atoms with Crippen LogP contribution in [0.5, 0.6) is 17.2 Å². The van der Waals surface area contributed by atoms with E-state index >= 15 is 0 Å². The first-order valence-electron chi connectivity index (χ1n) is 8.80. The molecule has 1 aliphatic heterocycles. The van der Waals surface area contributed by atoms with Gasteiger partial charge in [-0.05, 0) is 48.4 Å². The number of carbonyl (C=O) groups excluding carboxylic acids is 1. The van der Waals surface area contributed by atoms with E-state index in [2.05, 4.69) is 0 Å². The summed E-state index contributed by atoms with van der Waals surface area (Å²) in [5, 5.41) is 0.387. The number of hydrogen-bond acceptors (Lipinski definition) is 6. The quantitative estimate of drug-likeness (QED) is 0.339. The van der Waals surface area contributed by atoms with Gasteiger partial charge in [0.1, 0.15) is 23.3 Å². The van der Waals surface area contributed by atoms with Crippen LogP contribution in [0, 0.1) is 6.92 Å². The molecule has 0 saturated carbocycles. The molecule has 1 amide bonds. The van der Waals surface area contributed by atoms with E-state index in [-0.39, 0.29) is 5.91 Å². The number of likely N-dealkylation sites (N-methyl/N-ethyl adjacent to an activating group) is 1. The monoisotopic (exact) mass is 449 g/mol. The van der Waals surface area contributed by atoms with Gasteiger partial charge in [-0.25, -0.2) is 0 Å². The number of halogens is 1. The molecule has 1 fully saturated rings. The van der Waals surface area contributed by atoms with Gasteiger partial charge in [-0.2, -0.15) is 0 Å². The second-order valence-electron chi connectivity index (χ2n) is 6.29. The molecule has 1 saturated heterocycles. The Kier molecular flexibility index (Phi) is 7.05. The third kappa shape index (κ3) is 5.23. The second kappa shape index (κ2) is 9.52. The number of ether oxygens (including phenoxy) is 3. The summed E-state index contributed by atoms with van der Waals surface area (Å²) in [6.45, 7) is 2.68.